The van der Waals surface area contributed by atoms with Gasteiger partial charge < -0.3 is 10.2 Å². The summed E-state index contributed by atoms with van der Waals surface area (Å²) >= 11 is 0. The lowest BCUT2D eigenvalue weighted by Gasteiger charge is -2.32. The molecule has 6 heteroatoms. The van der Waals surface area contributed by atoms with Crippen molar-refractivity contribution in [1.29, 1.82) is 0 Å². The molecule has 0 aliphatic carbocycles. The van der Waals surface area contributed by atoms with Crippen molar-refractivity contribution in [1.82, 2.24) is 10.2 Å². The van der Waals surface area contributed by atoms with Crippen LogP contribution in [0.1, 0.15) is 32.6 Å². The molecule has 18 heavy (non-hydrogen) atoms. The summed E-state index contributed by atoms with van der Waals surface area (Å²) in [6.07, 6.45) is 3.61. The van der Waals surface area contributed by atoms with Crippen molar-refractivity contribution in [3.05, 3.63) is 0 Å². The van der Waals surface area contributed by atoms with E-state index in [0.29, 0.717) is 25.6 Å². The van der Waals surface area contributed by atoms with Crippen LogP contribution in [0.15, 0.2) is 0 Å². The highest BCUT2D eigenvalue weighted by atomic mass is 32.2. The largest absolute Gasteiger partial charge is 0.340 e. The van der Waals surface area contributed by atoms with E-state index in [1.165, 1.54) is 0 Å². The molecule has 5 nitrogen and oxygen atoms in total. The van der Waals surface area contributed by atoms with Gasteiger partial charge in [-0.05, 0) is 32.6 Å². The third-order valence-corrected chi connectivity index (χ3v) is 5.50. The molecule has 2 saturated heterocycles. The molecule has 0 spiro atoms. The number of carbonyl (C=O) groups excluding carboxylic acids is 1. The van der Waals surface area contributed by atoms with Crippen molar-refractivity contribution in [2.75, 3.05) is 24.6 Å². The molecule has 104 valence electrons. The van der Waals surface area contributed by atoms with Gasteiger partial charge in [0.1, 0.15) is 0 Å². The fourth-order valence-electron chi connectivity index (χ4n) is 2.71. The summed E-state index contributed by atoms with van der Waals surface area (Å²) in [6, 6.07) is 0.262. The molecule has 2 unspecified atom stereocenters. The molecule has 2 aliphatic heterocycles. The first-order valence-electron chi connectivity index (χ1n) is 6.73. The molecule has 2 aliphatic rings. The number of carbonyl (C=O) groups is 1. The Hall–Kier alpha value is -0.620. The summed E-state index contributed by atoms with van der Waals surface area (Å²) in [4.78, 5) is 14.1. The molecule has 2 rings (SSSR count). The maximum absolute atomic E-state index is 12.3. The van der Waals surface area contributed by atoms with E-state index < -0.39 is 9.84 Å². The van der Waals surface area contributed by atoms with E-state index in [9.17, 15) is 13.2 Å². The zero-order valence-electron chi connectivity index (χ0n) is 10.9. The molecule has 0 aromatic carbocycles. The predicted molar refractivity (Wildman–Crippen MR) is 70.1 cm³/mol. The Kier molecular flexibility index (Phi) is 4.27. The highest BCUT2D eigenvalue weighted by Gasteiger charge is 2.30. The van der Waals surface area contributed by atoms with Crippen molar-refractivity contribution in [2.45, 2.75) is 44.7 Å². The lowest BCUT2D eigenvalue weighted by molar-refractivity contribution is -0.134. The van der Waals surface area contributed by atoms with Gasteiger partial charge in [-0.15, -0.1) is 0 Å². The minimum atomic E-state index is -2.94. The maximum atomic E-state index is 12.3. The quantitative estimate of drug-likeness (QED) is 0.740. The Bertz CT molecular complexity index is 408. The van der Waals surface area contributed by atoms with E-state index in [1.54, 1.807) is 4.90 Å². The van der Waals surface area contributed by atoms with Gasteiger partial charge in [-0.3, -0.25) is 4.79 Å². The standard InChI is InChI=1S/C12H22N2O3S/c1-10-4-2-5-11(13-10)12(15)14-6-3-8-18(16,17)9-7-14/h10-11,13H,2-9H2,1H3. The van der Waals surface area contributed by atoms with Crippen molar-refractivity contribution < 1.29 is 13.2 Å². The first-order valence-corrected chi connectivity index (χ1v) is 8.55. The van der Waals surface area contributed by atoms with Crippen LogP contribution in [0.25, 0.3) is 0 Å². The van der Waals surface area contributed by atoms with E-state index in [-0.39, 0.29) is 23.5 Å². The number of sulfone groups is 1. The maximum Gasteiger partial charge on any atom is 0.239 e. The molecule has 0 bridgehead atoms. The Morgan fingerprint density at radius 2 is 1.94 bits per heavy atom. The highest BCUT2D eigenvalue weighted by Crippen LogP contribution is 2.15. The molecular weight excluding hydrogens is 252 g/mol. The molecule has 1 N–H and O–H groups in total. The van der Waals surface area contributed by atoms with Gasteiger partial charge in [-0.2, -0.15) is 0 Å². The third-order valence-electron chi connectivity index (χ3n) is 3.78. The summed E-state index contributed by atoms with van der Waals surface area (Å²) in [5, 5.41) is 3.31. The van der Waals surface area contributed by atoms with Crippen LogP contribution in [0.2, 0.25) is 0 Å². The smallest absolute Gasteiger partial charge is 0.239 e. The van der Waals surface area contributed by atoms with E-state index in [4.69, 9.17) is 0 Å². The lowest BCUT2D eigenvalue weighted by atomic mass is 9.98. The molecule has 2 heterocycles. The van der Waals surface area contributed by atoms with Gasteiger partial charge in [0.05, 0.1) is 17.5 Å². The average Bonchev–Trinajstić information content (AvgIpc) is 2.49. The van der Waals surface area contributed by atoms with Crippen LogP contribution in [-0.4, -0.2) is 55.9 Å². The highest BCUT2D eigenvalue weighted by molar-refractivity contribution is 7.91. The van der Waals surface area contributed by atoms with Crippen LogP contribution in [0.4, 0.5) is 0 Å². The second-order valence-corrected chi connectivity index (χ2v) is 7.69. The fraction of sp³-hybridized carbons (Fsp3) is 0.917. The van der Waals surface area contributed by atoms with Crippen LogP contribution in [-0.2, 0) is 14.6 Å². The lowest BCUT2D eigenvalue weighted by Crippen LogP contribution is -2.52. The van der Waals surface area contributed by atoms with Gasteiger partial charge in [0.25, 0.3) is 0 Å². The van der Waals surface area contributed by atoms with Crippen LogP contribution in [0.5, 0.6) is 0 Å². The SMILES string of the molecule is CC1CCCC(C(=O)N2CCCS(=O)(=O)CC2)N1. The van der Waals surface area contributed by atoms with Crippen LogP contribution >= 0.6 is 0 Å². The summed E-state index contributed by atoms with van der Waals surface area (Å²) < 4.78 is 23.0. The molecule has 0 aromatic heterocycles. The van der Waals surface area contributed by atoms with Gasteiger partial charge >= 0.3 is 0 Å². The summed E-state index contributed by atoms with van der Waals surface area (Å²) in [5.41, 5.74) is 0. The Morgan fingerprint density at radius 3 is 2.67 bits per heavy atom. The average molecular weight is 274 g/mol. The Labute approximate surface area is 109 Å². The molecule has 0 radical (unpaired) electrons. The minimum Gasteiger partial charge on any atom is -0.340 e. The Balaban J connectivity index is 1.96. The van der Waals surface area contributed by atoms with Gasteiger partial charge in [0.2, 0.25) is 5.91 Å². The number of hydrogen-bond acceptors (Lipinski definition) is 4. The number of piperidine rings is 1. The van der Waals surface area contributed by atoms with E-state index in [2.05, 4.69) is 12.2 Å². The second kappa shape index (κ2) is 5.57. The van der Waals surface area contributed by atoms with Crippen molar-refractivity contribution in [3.8, 4) is 0 Å². The van der Waals surface area contributed by atoms with Gasteiger partial charge in [-0.25, -0.2) is 8.42 Å². The summed E-state index contributed by atoms with van der Waals surface area (Å²) in [7, 11) is -2.94. The minimum absolute atomic E-state index is 0.0821. The first-order chi connectivity index (χ1) is 8.48. The third kappa shape index (κ3) is 3.45. The number of amides is 1. The summed E-state index contributed by atoms with van der Waals surface area (Å²) in [6.45, 7) is 3.02. The molecule has 2 fully saturated rings. The van der Waals surface area contributed by atoms with E-state index >= 15 is 0 Å². The van der Waals surface area contributed by atoms with Crippen molar-refractivity contribution in [2.24, 2.45) is 0 Å². The van der Waals surface area contributed by atoms with Gasteiger partial charge in [0, 0.05) is 19.1 Å². The zero-order valence-corrected chi connectivity index (χ0v) is 11.7. The van der Waals surface area contributed by atoms with Crippen LogP contribution in [0, 0.1) is 0 Å². The molecular formula is C12H22N2O3S. The normalized spacial score (nSPS) is 32.8. The molecule has 0 aromatic rings. The number of nitrogens with one attached hydrogen (secondary N) is 1. The number of nitrogens with zero attached hydrogens (tertiary/aromatic N) is 1. The van der Waals surface area contributed by atoms with Crippen LogP contribution < -0.4 is 5.32 Å². The molecule has 2 atom stereocenters. The number of rotatable bonds is 1. The van der Waals surface area contributed by atoms with E-state index in [1.807, 2.05) is 0 Å². The second-order valence-electron chi connectivity index (χ2n) is 5.38. The topological polar surface area (TPSA) is 66.5 Å². The molecule has 0 saturated carbocycles. The van der Waals surface area contributed by atoms with Crippen molar-refractivity contribution >= 4 is 15.7 Å². The molecule has 1 amide bonds. The van der Waals surface area contributed by atoms with E-state index in [0.717, 1.165) is 19.3 Å². The van der Waals surface area contributed by atoms with Gasteiger partial charge in [-0.1, -0.05) is 0 Å². The first kappa shape index (κ1) is 13.8. The van der Waals surface area contributed by atoms with Crippen molar-refractivity contribution in [3.63, 3.8) is 0 Å². The number of hydrogen-bond donors (Lipinski definition) is 1. The predicted octanol–water partition coefficient (Wildman–Crippen LogP) is 0.164. The summed E-state index contributed by atoms with van der Waals surface area (Å²) in [5.74, 6) is 0.408. The zero-order chi connectivity index (χ0) is 13.2. The fourth-order valence-corrected chi connectivity index (χ4v) is 3.98. The monoisotopic (exact) mass is 274 g/mol. The van der Waals surface area contributed by atoms with Crippen LogP contribution in [0.3, 0.4) is 0 Å². The Morgan fingerprint density at radius 1 is 1.17 bits per heavy atom. The van der Waals surface area contributed by atoms with Gasteiger partial charge in [0.15, 0.2) is 9.84 Å².